The Labute approximate surface area is 348 Å². The van der Waals surface area contributed by atoms with E-state index in [-0.39, 0.29) is 25.0 Å². The molecule has 0 spiro atoms. The molecule has 0 saturated carbocycles. The summed E-state index contributed by atoms with van der Waals surface area (Å²) in [5.41, 5.74) is -5.27. The van der Waals surface area contributed by atoms with Crippen molar-refractivity contribution >= 4 is 11.7 Å². The van der Waals surface area contributed by atoms with Gasteiger partial charge in [0.15, 0.2) is 12.6 Å². The minimum atomic E-state index is -3.47. The van der Waals surface area contributed by atoms with Crippen LogP contribution in [0.5, 0.6) is 0 Å². The predicted molar refractivity (Wildman–Crippen MR) is 208 cm³/mol. The summed E-state index contributed by atoms with van der Waals surface area (Å²) in [5, 5.41) is 66.3. The lowest BCUT2D eigenvalue weighted by molar-refractivity contribution is -0.315. The molecule has 57 heavy (non-hydrogen) atoms. The number of nitrogens with one attached hydrogen (secondary N) is 1. The third kappa shape index (κ3) is 12.0. The van der Waals surface area contributed by atoms with Gasteiger partial charge in [-0.1, -0.05) is 32.9 Å². The van der Waals surface area contributed by atoms with Crippen molar-refractivity contribution in [1.29, 1.82) is 0 Å². The molecule has 3 fully saturated rings. The van der Waals surface area contributed by atoms with Crippen LogP contribution >= 0.6 is 0 Å². The number of ether oxygens (including phenoxy) is 8. The second-order valence-electron chi connectivity index (χ2n) is 16.6. The normalized spacial score (nSPS) is 48.9. The van der Waals surface area contributed by atoms with Gasteiger partial charge in [-0.15, -0.1) is 0 Å². The number of rotatable bonds is 13. The van der Waals surface area contributed by atoms with Crippen molar-refractivity contribution in [3.05, 3.63) is 0 Å². The Morgan fingerprint density at radius 1 is 0.982 bits per heavy atom. The Morgan fingerprint density at radius 3 is 2.28 bits per heavy atom. The molecule has 334 valence electrons. The van der Waals surface area contributed by atoms with Crippen LogP contribution in [0.4, 0.5) is 0 Å². The summed E-state index contributed by atoms with van der Waals surface area (Å²) in [5.74, 6) is -5.04. The SMILES string of the molecule is [2H]C([2H])([2H])OC([2H])([2H])C([2H])([2H])OCO/N=C1\[C@H](C)C[C@@](C)(O)[C@H](O[C@@H]2O[C@H](C)C[C@H](NC)[C@H]2O)[C@@H](C)[C@H](O[C@H]2C[C@@](C)(OC)[C@@H](O)[C@H](C)O2)[C@@H](C)C(=O)O[C@H](CC)[C@@](C)(O)[C@H](O)[C@H]1C. The van der Waals surface area contributed by atoms with E-state index in [1.165, 1.54) is 27.9 Å². The van der Waals surface area contributed by atoms with Gasteiger partial charge in [0, 0.05) is 44.4 Å². The van der Waals surface area contributed by atoms with Crippen LogP contribution in [0, 0.1) is 23.7 Å². The molecular formula is C40H74N2O15. The lowest BCUT2D eigenvalue weighted by Crippen LogP contribution is -2.61. The first kappa shape index (κ1) is 39.5. The summed E-state index contributed by atoms with van der Waals surface area (Å²) in [6, 6.07) is -0.469. The first-order valence-corrected chi connectivity index (χ1v) is 19.8. The zero-order valence-corrected chi connectivity index (χ0v) is 35.5. The van der Waals surface area contributed by atoms with Gasteiger partial charge in [-0.05, 0) is 67.9 Å². The van der Waals surface area contributed by atoms with Crippen LogP contribution in [-0.4, -0.2) is 163 Å². The van der Waals surface area contributed by atoms with Crippen LogP contribution in [0.25, 0.3) is 0 Å². The lowest BCUT2D eigenvalue weighted by Gasteiger charge is -2.49. The molecule has 18 atom stereocenters. The summed E-state index contributed by atoms with van der Waals surface area (Å²) in [7, 11) is -0.198. The average molecular weight is 830 g/mol. The quantitative estimate of drug-likeness (QED) is 0.0675. The highest BCUT2D eigenvalue weighted by molar-refractivity contribution is 5.88. The number of aliphatic hydroxyl groups is 5. The Bertz CT molecular complexity index is 1550. The van der Waals surface area contributed by atoms with E-state index in [1.54, 1.807) is 55.5 Å². The van der Waals surface area contributed by atoms with Gasteiger partial charge in [0.25, 0.3) is 0 Å². The Kier molecular flexibility index (Phi) is 14.8. The second kappa shape index (κ2) is 21.3. The molecule has 6 N–H and O–H groups in total. The number of hydrogen-bond acceptors (Lipinski definition) is 17. The number of carbonyl (C=O) groups excluding carboxylic acids is 1. The molecular weight excluding hydrogens is 748 g/mol. The molecule has 3 heterocycles. The summed E-state index contributed by atoms with van der Waals surface area (Å²) >= 11 is 0. The van der Waals surface area contributed by atoms with E-state index in [0.717, 1.165) is 0 Å². The minimum absolute atomic E-state index is 0.0171. The number of esters is 1. The number of likely N-dealkylation sites (N-methyl/N-ethyl adjacent to an activating group) is 1. The van der Waals surface area contributed by atoms with Gasteiger partial charge in [0.1, 0.15) is 23.9 Å². The third-order valence-corrected chi connectivity index (χ3v) is 12.0. The predicted octanol–water partition coefficient (Wildman–Crippen LogP) is 1.87. The van der Waals surface area contributed by atoms with Crippen molar-refractivity contribution in [1.82, 2.24) is 5.32 Å². The van der Waals surface area contributed by atoms with Crippen LogP contribution in [-0.2, 0) is 47.5 Å². The molecule has 0 unspecified atom stereocenters. The molecule has 0 aliphatic carbocycles. The number of oxime groups is 1. The Balaban J connectivity index is 2.21. The smallest absolute Gasteiger partial charge is 0.311 e. The highest BCUT2D eigenvalue weighted by Crippen LogP contribution is 2.41. The number of nitrogens with zero attached hydrogens (tertiary/aromatic N) is 1. The fraction of sp³-hybridized carbons (Fsp3) is 0.950. The minimum Gasteiger partial charge on any atom is -0.459 e. The van der Waals surface area contributed by atoms with Crippen molar-refractivity contribution in [2.24, 2.45) is 28.8 Å². The number of carbonyl (C=O) groups is 1. The Morgan fingerprint density at radius 2 is 1.67 bits per heavy atom. The van der Waals surface area contributed by atoms with E-state index in [0.29, 0.717) is 6.42 Å². The maximum atomic E-state index is 14.3. The summed E-state index contributed by atoms with van der Waals surface area (Å²) in [4.78, 5) is 19.7. The highest BCUT2D eigenvalue weighted by atomic mass is 16.7. The van der Waals surface area contributed by atoms with Crippen LogP contribution in [0.1, 0.15) is 105 Å². The van der Waals surface area contributed by atoms with Gasteiger partial charge in [-0.2, -0.15) is 0 Å². The van der Waals surface area contributed by atoms with E-state index >= 15 is 0 Å². The van der Waals surface area contributed by atoms with Gasteiger partial charge >= 0.3 is 5.97 Å². The molecule has 3 rings (SSSR count). The van der Waals surface area contributed by atoms with Gasteiger partial charge in [-0.3, -0.25) is 4.79 Å². The number of methoxy groups -OCH3 is 2. The van der Waals surface area contributed by atoms with Crippen molar-refractivity contribution in [2.45, 2.75) is 179 Å². The lowest BCUT2D eigenvalue weighted by atomic mass is 9.73. The van der Waals surface area contributed by atoms with Crippen LogP contribution in [0.15, 0.2) is 5.16 Å². The van der Waals surface area contributed by atoms with Gasteiger partial charge < -0.3 is 73.6 Å². The fourth-order valence-corrected chi connectivity index (χ4v) is 8.60. The topological polar surface area (TPSA) is 226 Å². The number of hydrogen-bond donors (Lipinski definition) is 6. The molecule has 3 aliphatic heterocycles. The van der Waals surface area contributed by atoms with E-state index in [9.17, 15) is 30.3 Å². The maximum Gasteiger partial charge on any atom is 0.311 e. The van der Waals surface area contributed by atoms with Gasteiger partial charge in [0.2, 0.25) is 6.79 Å². The summed E-state index contributed by atoms with van der Waals surface area (Å²) < 4.78 is 99.7. The zero-order valence-electron chi connectivity index (χ0n) is 42.5. The van der Waals surface area contributed by atoms with E-state index < -0.39 is 141 Å². The molecule has 3 saturated heterocycles. The third-order valence-electron chi connectivity index (χ3n) is 12.0. The standard InChI is InChI=1S/C40H74N2O15/c1-14-28-40(10,48)33(44)23(4)30(42-52-20-51-16-15-49-12)21(2)18-38(8,47)35(57-37-31(43)27(41-11)17-22(3)53-37)24(5)32(25(6)36(46)55-28)56-29-19-39(9,50-13)34(45)26(7)54-29/h21-29,31-35,37,41,43-45,47-48H,14-20H2,1-13H3/b42-30+/t21-,22-,23+,24+,25-,26+,27+,28-,29+,31-,32+,33-,34+,35-,37+,38-,39-,40-/m1/s1/i12D3,15D2,16D2. The average Bonchev–Trinajstić information content (AvgIpc) is 3.18. The molecule has 0 aromatic carbocycles. The van der Waals surface area contributed by atoms with Gasteiger partial charge in [0.05, 0.1) is 76.1 Å². The molecule has 17 nitrogen and oxygen atoms in total. The highest BCUT2D eigenvalue weighted by Gasteiger charge is 2.53. The van der Waals surface area contributed by atoms with Crippen molar-refractivity contribution in [3.8, 4) is 0 Å². The molecule has 0 radical (unpaired) electrons. The monoisotopic (exact) mass is 830 g/mol. The van der Waals surface area contributed by atoms with E-state index in [1.807, 2.05) is 0 Å². The van der Waals surface area contributed by atoms with Crippen LogP contribution in [0.2, 0.25) is 0 Å². The van der Waals surface area contributed by atoms with Crippen molar-refractivity contribution in [2.75, 3.05) is 41.1 Å². The molecule has 3 aliphatic rings. The second-order valence-corrected chi connectivity index (χ2v) is 16.6. The van der Waals surface area contributed by atoms with E-state index in [2.05, 4.69) is 15.2 Å². The summed E-state index contributed by atoms with van der Waals surface area (Å²) in [6.45, 7) is 7.89. The molecule has 0 aromatic rings. The van der Waals surface area contributed by atoms with Crippen molar-refractivity contribution in [3.63, 3.8) is 0 Å². The number of cyclic esters (lactones) is 1. The fourth-order valence-electron chi connectivity index (χ4n) is 8.60. The van der Waals surface area contributed by atoms with Gasteiger partial charge in [-0.25, -0.2) is 0 Å². The van der Waals surface area contributed by atoms with Crippen molar-refractivity contribution < 1.29 is 82.7 Å². The van der Waals surface area contributed by atoms with E-state index in [4.69, 9.17) is 47.6 Å². The Hall–Kier alpha value is -1.58. The molecule has 0 aromatic heterocycles. The molecule has 17 heteroatoms. The maximum absolute atomic E-state index is 14.3. The van der Waals surface area contributed by atoms with Crippen LogP contribution < -0.4 is 5.32 Å². The molecule has 0 amide bonds. The molecule has 0 bridgehead atoms. The largest absolute Gasteiger partial charge is 0.459 e. The zero-order chi connectivity index (χ0) is 49.1. The van der Waals surface area contributed by atoms with Crippen LogP contribution in [0.3, 0.4) is 0 Å². The first-order valence-electron chi connectivity index (χ1n) is 23.3. The summed E-state index contributed by atoms with van der Waals surface area (Å²) in [6.07, 6.45) is -11.2. The number of aliphatic hydroxyl groups excluding tert-OH is 3. The first-order chi connectivity index (χ1) is 29.2.